The van der Waals surface area contributed by atoms with Gasteiger partial charge in [0.2, 0.25) is 5.22 Å². The minimum Gasteiger partial charge on any atom is -0.452 e. The molecule has 2 N–H and O–H groups in total. The van der Waals surface area contributed by atoms with E-state index in [2.05, 4.69) is 6.92 Å². The molecule has 0 bridgehead atoms. The molecule has 0 radical (unpaired) electrons. The van der Waals surface area contributed by atoms with Crippen molar-refractivity contribution in [3.8, 4) is 0 Å². The first-order valence-electron chi connectivity index (χ1n) is 5.91. The highest BCUT2D eigenvalue weighted by Gasteiger charge is 2.29. The largest absolute Gasteiger partial charge is 0.452 e. The smallest absolute Gasteiger partial charge is 0.258 e. The normalized spacial score (nSPS) is 25.0. The summed E-state index contributed by atoms with van der Waals surface area (Å²) in [6, 6.07) is 1.81. The maximum absolute atomic E-state index is 12.2. The van der Waals surface area contributed by atoms with E-state index < -0.39 is 0 Å². The second kappa shape index (κ2) is 5.10. The summed E-state index contributed by atoms with van der Waals surface area (Å²) in [5.41, 5.74) is 6.46. The summed E-state index contributed by atoms with van der Waals surface area (Å²) in [7, 11) is 0. The number of carbonyl (C=O) groups is 1. The molecule has 94 valence electrons. The number of nitrogens with two attached hydrogens (primary N) is 1. The fourth-order valence-corrected chi connectivity index (χ4v) is 2.48. The van der Waals surface area contributed by atoms with Crippen LogP contribution in [0.1, 0.15) is 30.1 Å². The average Bonchev–Trinajstić information content (AvgIpc) is 2.75. The Morgan fingerprint density at radius 3 is 3.06 bits per heavy atom. The van der Waals surface area contributed by atoms with Crippen LogP contribution >= 0.6 is 11.6 Å². The molecule has 2 rings (SSSR count). The van der Waals surface area contributed by atoms with Crippen molar-refractivity contribution in [2.45, 2.75) is 25.8 Å². The fraction of sp³-hybridized carbons (Fsp3) is 0.583. The first-order valence-corrected chi connectivity index (χ1v) is 6.29. The number of furan rings is 1. The molecule has 1 aromatic heterocycles. The van der Waals surface area contributed by atoms with Crippen LogP contribution in [0.4, 0.5) is 0 Å². The van der Waals surface area contributed by atoms with Gasteiger partial charge in [-0.3, -0.25) is 4.79 Å². The van der Waals surface area contributed by atoms with Crippen molar-refractivity contribution < 1.29 is 9.21 Å². The third kappa shape index (κ3) is 2.48. The summed E-state index contributed by atoms with van der Waals surface area (Å²) in [6.07, 6.45) is 3.27. The number of hydrogen-bond acceptors (Lipinski definition) is 3. The predicted octanol–water partition coefficient (Wildman–Crippen LogP) is 2.13. The number of amides is 1. The van der Waals surface area contributed by atoms with Crippen LogP contribution in [0.5, 0.6) is 0 Å². The van der Waals surface area contributed by atoms with E-state index >= 15 is 0 Å². The molecule has 4 nitrogen and oxygen atoms in total. The summed E-state index contributed by atoms with van der Waals surface area (Å²) in [5, 5.41) is 0.165. The van der Waals surface area contributed by atoms with E-state index in [1.807, 2.05) is 4.90 Å². The zero-order chi connectivity index (χ0) is 12.4. The van der Waals surface area contributed by atoms with Crippen molar-refractivity contribution in [1.29, 1.82) is 0 Å². The van der Waals surface area contributed by atoms with E-state index in [0.29, 0.717) is 24.6 Å². The summed E-state index contributed by atoms with van der Waals surface area (Å²) < 4.78 is 4.94. The molecule has 2 unspecified atom stereocenters. The third-order valence-electron chi connectivity index (χ3n) is 3.45. The second-order valence-corrected chi connectivity index (χ2v) is 4.82. The molecule has 1 aromatic rings. The number of carbonyl (C=O) groups excluding carboxylic acids is 1. The zero-order valence-electron chi connectivity index (χ0n) is 9.86. The van der Waals surface area contributed by atoms with Gasteiger partial charge in [-0.1, -0.05) is 13.3 Å². The molecule has 1 amide bonds. The lowest BCUT2D eigenvalue weighted by atomic mass is 9.90. The first-order chi connectivity index (χ1) is 8.13. The second-order valence-electron chi connectivity index (χ2n) is 4.48. The molecule has 2 atom stereocenters. The summed E-state index contributed by atoms with van der Waals surface area (Å²) in [5.74, 6) is 0.312. The molecule has 0 saturated carbocycles. The topological polar surface area (TPSA) is 59.5 Å². The molecular weight excluding hydrogens is 240 g/mol. The monoisotopic (exact) mass is 256 g/mol. The molecule has 1 saturated heterocycles. The van der Waals surface area contributed by atoms with Gasteiger partial charge in [0.15, 0.2) is 0 Å². The van der Waals surface area contributed by atoms with E-state index in [1.165, 1.54) is 6.26 Å². The maximum Gasteiger partial charge on any atom is 0.258 e. The SMILES string of the molecule is CCC1CN(C(=O)c2ccoc2Cl)CCC1N. The van der Waals surface area contributed by atoms with Crippen molar-refractivity contribution in [1.82, 2.24) is 4.90 Å². The molecule has 5 heteroatoms. The molecule has 0 spiro atoms. The van der Waals surface area contributed by atoms with Crippen molar-refractivity contribution in [2.75, 3.05) is 13.1 Å². The average molecular weight is 257 g/mol. The Balaban J connectivity index is 2.09. The van der Waals surface area contributed by atoms with Crippen molar-refractivity contribution >= 4 is 17.5 Å². The van der Waals surface area contributed by atoms with Gasteiger partial charge in [-0.25, -0.2) is 0 Å². The number of nitrogens with zero attached hydrogens (tertiary/aromatic N) is 1. The van der Waals surface area contributed by atoms with Crippen LogP contribution in [0.15, 0.2) is 16.7 Å². The van der Waals surface area contributed by atoms with E-state index in [0.717, 1.165) is 12.8 Å². The maximum atomic E-state index is 12.2. The van der Waals surface area contributed by atoms with Gasteiger partial charge >= 0.3 is 0 Å². The molecule has 1 fully saturated rings. The molecular formula is C12H17ClN2O2. The van der Waals surface area contributed by atoms with Gasteiger partial charge in [-0.15, -0.1) is 0 Å². The Kier molecular flexibility index (Phi) is 3.74. The van der Waals surface area contributed by atoms with Crippen LogP contribution in [0.3, 0.4) is 0 Å². The minimum atomic E-state index is -0.0610. The molecule has 0 aliphatic carbocycles. The van der Waals surface area contributed by atoms with Gasteiger partial charge in [0.1, 0.15) is 0 Å². The van der Waals surface area contributed by atoms with Crippen molar-refractivity contribution in [2.24, 2.45) is 11.7 Å². The van der Waals surface area contributed by atoms with Crippen LogP contribution in [0, 0.1) is 5.92 Å². The van der Waals surface area contributed by atoms with Crippen LogP contribution < -0.4 is 5.73 Å². The van der Waals surface area contributed by atoms with Gasteiger partial charge in [-0.2, -0.15) is 0 Å². The summed E-state index contributed by atoms with van der Waals surface area (Å²) >= 11 is 5.81. The van der Waals surface area contributed by atoms with E-state index in [1.54, 1.807) is 6.07 Å². The highest BCUT2D eigenvalue weighted by atomic mass is 35.5. The van der Waals surface area contributed by atoms with Gasteiger partial charge in [0.25, 0.3) is 5.91 Å². The van der Waals surface area contributed by atoms with Crippen molar-refractivity contribution in [3.63, 3.8) is 0 Å². The van der Waals surface area contributed by atoms with E-state index in [9.17, 15) is 4.79 Å². The van der Waals surface area contributed by atoms with Gasteiger partial charge in [-0.05, 0) is 30.0 Å². The van der Waals surface area contributed by atoms with Crippen LogP contribution in [0.25, 0.3) is 0 Å². The fourth-order valence-electron chi connectivity index (χ4n) is 2.28. The third-order valence-corrected chi connectivity index (χ3v) is 3.75. The lowest BCUT2D eigenvalue weighted by molar-refractivity contribution is 0.0648. The highest BCUT2D eigenvalue weighted by molar-refractivity contribution is 6.32. The van der Waals surface area contributed by atoms with Gasteiger partial charge in [0, 0.05) is 19.1 Å². The summed E-state index contributed by atoms with van der Waals surface area (Å²) in [6.45, 7) is 3.50. The number of halogens is 1. The van der Waals surface area contributed by atoms with Gasteiger partial charge in [0.05, 0.1) is 11.8 Å². The predicted molar refractivity (Wildman–Crippen MR) is 66.0 cm³/mol. The Hall–Kier alpha value is -1.00. The lowest BCUT2D eigenvalue weighted by Gasteiger charge is -2.36. The van der Waals surface area contributed by atoms with E-state index in [4.69, 9.17) is 21.8 Å². The number of hydrogen-bond donors (Lipinski definition) is 1. The summed E-state index contributed by atoms with van der Waals surface area (Å²) in [4.78, 5) is 14.0. The first kappa shape index (κ1) is 12.5. The molecule has 2 heterocycles. The molecule has 0 aromatic carbocycles. The zero-order valence-corrected chi connectivity index (χ0v) is 10.6. The molecule has 1 aliphatic heterocycles. The Morgan fingerprint density at radius 2 is 2.47 bits per heavy atom. The number of rotatable bonds is 2. The number of piperidine rings is 1. The molecule has 17 heavy (non-hydrogen) atoms. The molecule has 1 aliphatic rings. The Bertz CT molecular complexity index is 405. The van der Waals surface area contributed by atoms with Crippen molar-refractivity contribution in [3.05, 3.63) is 23.1 Å². The van der Waals surface area contributed by atoms with E-state index in [-0.39, 0.29) is 17.2 Å². The van der Waals surface area contributed by atoms with Gasteiger partial charge < -0.3 is 15.1 Å². The Morgan fingerprint density at radius 1 is 1.71 bits per heavy atom. The van der Waals surface area contributed by atoms with Crippen LogP contribution in [-0.2, 0) is 0 Å². The lowest BCUT2D eigenvalue weighted by Crippen LogP contribution is -2.49. The standard InChI is InChI=1S/C12H17ClN2O2/c1-2-8-7-15(5-3-10(8)14)12(16)9-4-6-17-11(9)13/h4,6,8,10H,2-3,5,7,14H2,1H3. The van der Waals surface area contributed by atoms with Crippen LogP contribution in [0.2, 0.25) is 5.22 Å². The highest BCUT2D eigenvalue weighted by Crippen LogP contribution is 2.23. The number of likely N-dealkylation sites (tertiary alicyclic amines) is 1. The quantitative estimate of drug-likeness (QED) is 0.882. The van der Waals surface area contributed by atoms with Crippen LogP contribution in [-0.4, -0.2) is 29.9 Å². The Labute approximate surface area is 106 Å². The minimum absolute atomic E-state index is 0.0610.